The molecule has 28 heavy (non-hydrogen) atoms. The number of piperidine rings is 1. The van der Waals surface area contributed by atoms with Crippen LogP contribution in [-0.4, -0.2) is 33.8 Å². The minimum Gasteiger partial charge on any atom is -0.371 e. The van der Waals surface area contributed by atoms with Crippen molar-refractivity contribution in [3.63, 3.8) is 0 Å². The molecular weight excluding hydrogens is 379 g/mol. The number of fused-ring (bicyclic) bond motifs is 1. The highest BCUT2D eigenvalue weighted by Gasteiger charge is 2.36. The summed E-state index contributed by atoms with van der Waals surface area (Å²) in [7, 11) is 0. The number of pyridine rings is 1. The lowest BCUT2D eigenvalue weighted by molar-refractivity contribution is 0.0608. The number of aromatic nitrogens is 3. The van der Waals surface area contributed by atoms with Gasteiger partial charge in [-0.2, -0.15) is 0 Å². The normalized spacial score (nSPS) is 16.8. The SMILES string of the molecule is CC(C)OCc1nnc2c(Cl)c(N3CCC(F)(c4ccccc4)CC3)ccn12. The van der Waals surface area contributed by atoms with Gasteiger partial charge in [0, 0.05) is 32.1 Å². The standard InChI is InChI=1S/C21H24ClFN4O/c1-15(2)28-14-18-24-25-20-19(22)17(8-11-27(18)20)26-12-9-21(23,10-13-26)16-6-4-3-5-7-16/h3-8,11,15H,9-10,12-14H2,1-2H3. The molecule has 1 aliphatic heterocycles. The van der Waals surface area contributed by atoms with E-state index in [4.69, 9.17) is 16.3 Å². The van der Waals surface area contributed by atoms with Gasteiger partial charge in [-0.05, 0) is 25.5 Å². The Hall–Kier alpha value is -2.18. The van der Waals surface area contributed by atoms with Crippen LogP contribution in [0.5, 0.6) is 0 Å². The van der Waals surface area contributed by atoms with E-state index in [9.17, 15) is 0 Å². The van der Waals surface area contributed by atoms with E-state index in [0.717, 1.165) is 11.3 Å². The number of hydrogen-bond acceptors (Lipinski definition) is 4. The summed E-state index contributed by atoms with van der Waals surface area (Å²) in [6.45, 7) is 5.52. The Morgan fingerprint density at radius 3 is 2.54 bits per heavy atom. The van der Waals surface area contributed by atoms with Gasteiger partial charge >= 0.3 is 0 Å². The molecule has 7 heteroatoms. The van der Waals surface area contributed by atoms with Crippen LogP contribution >= 0.6 is 11.6 Å². The van der Waals surface area contributed by atoms with Gasteiger partial charge in [-0.1, -0.05) is 41.9 Å². The zero-order chi connectivity index (χ0) is 19.7. The first-order chi connectivity index (χ1) is 13.5. The van der Waals surface area contributed by atoms with E-state index in [2.05, 4.69) is 15.1 Å². The van der Waals surface area contributed by atoms with Crippen LogP contribution in [0.25, 0.3) is 5.65 Å². The lowest BCUT2D eigenvalue weighted by Gasteiger charge is -2.38. The Bertz CT molecular complexity index is 952. The van der Waals surface area contributed by atoms with E-state index in [1.807, 2.05) is 60.8 Å². The van der Waals surface area contributed by atoms with E-state index in [1.165, 1.54) is 0 Å². The highest BCUT2D eigenvalue weighted by Crippen LogP contribution is 2.40. The van der Waals surface area contributed by atoms with Crippen LogP contribution in [0.3, 0.4) is 0 Å². The fourth-order valence-electron chi connectivity index (χ4n) is 3.67. The molecule has 3 aromatic rings. The van der Waals surface area contributed by atoms with Crippen molar-refractivity contribution in [1.82, 2.24) is 14.6 Å². The monoisotopic (exact) mass is 402 g/mol. The van der Waals surface area contributed by atoms with Crippen LogP contribution in [0, 0.1) is 0 Å². The molecule has 0 radical (unpaired) electrons. The third-order valence-electron chi connectivity index (χ3n) is 5.30. The second kappa shape index (κ2) is 7.68. The lowest BCUT2D eigenvalue weighted by atomic mass is 9.86. The molecule has 0 N–H and O–H groups in total. The minimum atomic E-state index is -1.29. The second-order valence-electron chi connectivity index (χ2n) is 7.50. The average molecular weight is 403 g/mol. The van der Waals surface area contributed by atoms with E-state index in [1.54, 1.807) is 0 Å². The smallest absolute Gasteiger partial charge is 0.181 e. The molecule has 4 rings (SSSR count). The molecule has 1 aliphatic rings. The van der Waals surface area contributed by atoms with Gasteiger partial charge in [-0.25, -0.2) is 4.39 Å². The van der Waals surface area contributed by atoms with Gasteiger partial charge < -0.3 is 9.64 Å². The highest BCUT2D eigenvalue weighted by atomic mass is 35.5. The first kappa shape index (κ1) is 19.2. The van der Waals surface area contributed by atoms with Crippen LogP contribution in [0.1, 0.15) is 38.1 Å². The van der Waals surface area contributed by atoms with Gasteiger partial charge in [0.25, 0.3) is 0 Å². The molecule has 2 aromatic heterocycles. The number of ether oxygens (including phenoxy) is 1. The maximum Gasteiger partial charge on any atom is 0.181 e. The van der Waals surface area contributed by atoms with Crippen LogP contribution in [-0.2, 0) is 17.0 Å². The zero-order valence-electron chi connectivity index (χ0n) is 16.1. The fourth-order valence-corrected chi connectivity index (χ4v) is 3.99. The molecule has 1 aromatic carbocycles. The third kappa shape index (κ3) is 3.59. The van der Waals surface area contributed by atoms with Crippen LogP contribution < -0.4 is 4.90 Å². The summed E-state index contributed by atoms with van der Waals surface area (Å²) in [4.78, 5) is 2.13. The van der Waals surface area contributed by atoms with Crippen molar-refractivity contribution in [2.75, 3.05) is 18.0 Å². The first-order valence-corrected chi connectivity index (χ1v) is 9.99. The molecule has 1 saturated heterocycles. The molecule has 5 nitrogen and oxygen atoms in total. The van der Waals surface area contributed by atoms with Crippen molar-refractivity contribution in [3.8, 4) is 0 Å². The summed E-state index contributed by atoms with van der Waals surface area (Å²) in [6, 6.07) is 11.4. The van der Waals surface area contributed by atoms with Crippen LogP contribution in [0.2, 0.25) is 5.02 Å². The lowest BCUT2D eigenvalue weighted by Crippen LogP contribution is -2.40. The predicted octanol–water partition coefficient (Wildman–Crippen LogP) is 4.77. The number of halogens is 2. The number of nitrogens with zero attached hydrogens (tertiary/aromatic N) is 4. The van der Waals surface area contributed by atoms with Gasteiger partial charge in [-0.15, -0.1) is 10.2 Å². The molecule has 0 amide bonds. The second-order valence-corrected chi connectivity index (χ2v) is 7.88. The number of hydrogen-bond donors (Lipinski definition) is 0. The highest BCUT2D eigenvalue weighted by molar-refractivity contribution is 6.36. The molecule has 0 unspecified atom stereocenters. The minimum absolute atomic E-state index is 0.112. The summed E-state index contributed by atoms with van der Waals surface area (Å²) in [6.07, 6.45) is 2.88. The molecule has 0 spiro atoms. The zero-order valence-corrected chi connectivity index (χ0v) is 16.9. The van der Waals surface area contributed by atoms with Gasteiger partial charge in [0.1, 0.15) is 17.3 Å². The van der Waals surface area contributed by atoms with E-state index in [0.29, 0.717) is 49.0 Å². The molecule has 0 saturated carbocycles. The summed E-state index contributed by atoms with van der Waals surface area (Å²) < 4.78 is 22.9. The number of anilines is 1. The topological polar surface area (TPSA) is 42.7 Å². The van der Waals surface area contributed by atoms with Gasteiger partial charge in [0.15, 0.2) is 11.5 Å². The molecule has 0 atom stereocenters. The van der Waals surface area contributed by atoms with Gasteiger partial charge in [0.2, 0.25) is 0 Å². The van der Waals surface area contributed by atoms with Crippen molar-refractivity contribution >= 4 is 22.9 Å². The molecule has 1 fully saturated rings. The Morgan fingerprint density at radius 2 is 1.86 bits per heavy atom. The summed E-state index contributed by atoms with van der Waals surface area (Å²) in [5, 5.41) is 8.97. The number of benzene rings is 1. The van der Waals surface area contributed by atoms with Crippen molar-refractivity contribution in [3.05, 3.63) is 59.0 Å². The Labute approximate surface area is 169 Å². The molecule has 3 heterocycles. The Morgan fingerprint density at radius 1 is 1.14 bits per heavy atom. The summed E-state index contributed by atoms with van der Waals surface area (Å²) >= 11 is 6.64. The van der Waals surface area contributed by atoms with Gasteiger partial charge in [-0.3, -0.25) is 4.40 Å². The predicted molar refractivity (Wildman–Crippen MR) is 109 cm³/mol. The van der Waals surface area contributed by atoms with Gasteiger partial charge in [0.05, 0.1) is 11.8 Å². The molecule has 0 bridgehead atoms. The van der Waals surface area contributed by atoms with Crippen molar-refractivity contribution in [2.24, 2.45) is 0 Å². The van der Waals surface area contributed by atoms with Crippen molar-refractivity contribution in [1.29, 1.82) is 0 Å². The van der Waals surface area contributed by atoms with E-state index < -0.39 is 5.67 Å². The fraction of sp³-hybridized carbons (Fsp3) is 0.429. The van der Waals surface area contributed by atoms with E-state index in [-0.39, 0.29) is 6.10 Å². The molecule has 148 valence electrons. The van der Waals surface area contributed by atoms with Crippen molar-refractivity contribution < 1.29 is 9.13 Å². The maximum absolute atomic E-state index is 15.4. The molecule has 0 aliphatic carbocycles. The van der Waals surface area contributed by atoms with Crippen LogP contribution in [0.4, 0.5) is 10.1 Å². The Kier molecular flexibility index (Phi) is 5.25. The number of alkyl halides is 1. The first-order valence-electron chi connectivity index (χ1n) is 9.61. The quantitative estimate of drug-likeness (QED) is 0.616. The largest absolute Gasteiger partial charge is 0.371 e. The maximum atomic E-state index is 15.4. The van der Waals surface area contributed by atoms with Crippen molar-refractivity contribution in [2.45, 2.75) is 45.1 Å². The molecular formula is C21H24ClFN4O. The average Bonchev–Trinajstić information content (AvgIpc) is 3.12. The van der Waals surface area contributed by atoms with Crippen LogP contribution in [0.15, 0.2) is 42.6 Å². The Balaban J connectivity index is 1.53. The van der Waals surface area contributed by atoms with E-state index >= 15 is 4.39 Å². The third-order valence-corrected chi connectivity index (χ3v) is 5.67. The summed E-state index contributed by atoms with van der Waals surface area (Å²) in [5.41, 5.74) is 0.933. The summed E-state index contributed by atoms with van der Waals surface area (Å²) in [5.74, 6) is 0.711. The number of rotatable bonds is 5.